The number of hydrogen-bond acceptors (Lipinski definition) is 6. The van der Waals surface area contributed by atoms with E-state index in [2.05, 4.69) is 24.8 Å². The van der Waals surface area contributed by atoms with Crippen LogP contribution in [0, 0.1) is 6.92 Å². The van der Waals surface area contributed by atoms with Crippen LogP contribution >= 0.6 is 11.6 Å². The number of hydrogen-bond donors (Lipinski definition) is 1. The fraction of sp³-hybridized carbons (Fsp3) is 0.211. The van der Waals surface area contributed by atoms with Crippen LogP contribution < -0.4 is 14.8 Å². The first-order valence-electron chi connectivity index (χ1n) is 8.60. The number of amides is 1. The molecule has 0 aliphatic carbocycles. The molecule has 1 N–H and O–H groups in total. The van der Waals surface area contributed by atoms with E-state index in [1.54, 1.807) is 13.0 Å². The summed E-state index contributed by atoms with van der Waals surface area (Å²) in [5.74, 6) is -0.414. The van der Waals surface area contributed by atoms with Crippen molar-refractivity contribution in [3.8, 4) is 22.6 Å². The second-order valence-electron chi connectivity index (χ2n) is 5.60. The van der Waals surface area contributed by atoms with Gasteiger partial charge in [0.25, 0.3) is 5.91 Å². The number of benzene rings is 1. The van der Waals surface area contributed by atoms with Crippen molar-refractivity contribution < 1.29 is 27.5 Å². The molecular weight excluding hydrogens is 408 g/mol. The highest BCUT2D eigenvalue weighted by Gasteiger charge is 2.43. The van der Waals surface area contributed by atoms with Gasteiger partial charge in [0.15, 0.2) is 17.9 Å². The number of aromatic nitrogens is 2. The highest BCUT2D eigenvalue weighted by Crippen LogP contribution is 2.45. The molecule has 29 heavy (non-hydrogen) atoms. The number of halogens is 3. The van der Waals surface area contributed by atoms with Crippen molar-refractivity contribution in [3.05, 3.63) is 53.3 Å². The molecule has 0 fully saturated rings. The van der Waals surface area contributed by atoms with Gasteiger partial charge >= 0.3 is 6.29 Å². The number of carbonyl (C=O) groups excluding carboxylic acids is 1. The first-order chi connectivity index (χ1) is 13.8. The van der Waals surface area contributed by atoms with E-state index in [0.29, 0.717) is 16.8 Å². The lowest BCUT2D eigenvalue weighted by atomic mass is 10.1. The number of rotatable bonds is 3. The zero-order valence-corrected chi connectivity index (χ0v) is 16.4. The van der Waals surface area contributed by atoms with Gasteiger partial charge in [-0.15, -0.1) is 8.78 Å². The molecule has 1 amide bonds. The molecule has 1 aliphatic heterocycles. The van der Waals surface area contributed by atoms with Crippen LogP contribution in [0.4, 0.5) is 14.6 Å². The van der Waals surface area contributed by atoms with Crippen molar-refractivity contribution in [2.24, 2.45) is 0 Å². The Balaban J connectivity index is 0.00000117. The summed E-state index contributed by atoms with van der Waals surface area (Å²) in [6.07, 6.45) is -1.12. The Hall–Kier alpha value is -3.20. The van der Waals surface area contributed by atoms with Crippen molar-refractivity contribution in [2.45, 2.75) is 27.1 Å². The highest BCUT2D eigenvalue weighted by molar-refractivity contribution is 6.33. The van der Waals surface area contributed by atoms with Crippen molar-refractivity contribution in [1.29, 1.82) is 0 Å². The first kappa shape index (κ1) is 20.5. The minimum atomic E-state index is -3.73. The van der Waals surface area contributed by atoms with Gasteiger partial charge in [0.1, 0.15) is 5.82 Å². The van der Waals surface area contributed by atoms with E-state index in [0.717, 1.165) is 0 Å². The van der Waals surface area contributed by atoms with E-state index in [1.807, 2.05) is 13.8 Å². The van der Waals surface area contributed by atoms with Crippen LogP contribution in [0.5, 0.6) is 11.5 Å². The molecule has 0 spiro atoms. The second-order valence-corrected chi connectivity index (χ2v) is 6.01. The Morgan fingerprint density at radius 3 is 2.41 bits per heavy atom. The van der Waals surface area contributed by atoms with Gasteiger partial charge in [-0.1, -0.05) is 25.4 Å². The Morgan fingerprint density at radius 2 is 1.83 bits per heavy atom. The minimum Gasteiger partial charge on any atom is -0.438 e. The third-order valence-corrected chi connectivity index (χ3v) is 4.07. The summed E-state index contributed by atoms with van der Waals surface area (Å²) in [7, 11) is 0. The van der Waals surface area contributed by atoms with Gasteiger partial charge in [-0.2, -0.15) is 0 Å². The van der Waals surface area contributed by atoms with Gasteiger partial charge in [-0.25, -0.2) is 9.97 Å². The molecule has 0 unspecified atom stereocenters. The molecule has 2 aromatic heterocycles. The monoisotopic (exact) mass is 423 g/mol. The van der Waals surface area contributed by atoms with Crippen LogP contribution in [-0.4, -0.2) is 22.2 Å². The zero-order chi connectivity index (χ0) is 21.2. The average Bonchev–Trinajstić information content (AvgIpc) is 3.24. The number of ether oxygens (including phenoxy) is 2. The summed E-state index contributed by atoms with van der Waals surface area (Å²) in [5.41, 5.74) is 1.41. The lowest BCUT2D eigenvalue weighted by molar-refractivity contribution is -0.286. The van der Waals surface area contributed by atoms with Crippen LogP contribution in [0.25, 0.3) is 11.1 Å². The van der Waals surface area contributed by atoms with Crippen molar-refractivity contribution in [1.82, 2.24) is 9.97 Å². The summed E-state index contributed by atoms with van der Waals surface area (Å²) < 4.78 is 40.1. The standard InChI is InChI=1S/C17H10ClF2N3O4.C2H6/c1-8-15(25-7-22-8)16(24)23-14-3-2-9(6-21-14)10-4-12-13(5-11(10)18)27-17(19,20)26-12;1-2/h2-7H,1H3,(H,21,23,24);1-2H3. The van der Waals surface area contributed by atoms with Crippen LogP contribution in [0.3, 0.4) is 0 Å². The molecule has 3 aromatic rings. The van der Waals surface area contributed by atoms with E-state index in [4.69, 9.17) is 16.0 Å². The summed E-state index contributed by atoms with van der Waals surface area (Å²) in [6.45, 7) is 5.64. The number of alkyl halides is 2. The highest BCUT2D eigenvalue weighted by atomic mass is 35.5. The molecular formula is C19H16ClF2N3O4. The van der Waals surface area contributed by atoms with E-state index in [9.17, 15) is 13.6 Å². The van der Waals surface area contributed by atoms with Crippen LogP contribution in [-0.2, 0) is 0 Å². The fourth-order valence-electron chi connectivity index (χ4n) is 2.51. The van der Waals surface area contributed by atoms with Crippen molar-refractivity contribution >= 4 is 23.3 Å². The molecule has 152 valence electrons. The first-order valence-corrected chi connectivity index (χ1v) is 8.97. The maximum atomic E-state index is 13.2. The lowest BCUT2D eigenvalue weighted by Crippen LogP contribution is -2.25. The average molecular weight is 424 g/mol. The molecule has 1 aromatic carbocycles. The van der Waals surface area contributed by atoms with Crippen molar-refractivity contribution in [2.75, 3.05) is 5.32 Å². The van der Waals surface area contributed by atoms with Crippen LogP contribution in [0.1, 0.15) is 30.1 Å². The number of fused-ring (bicyclic) bond motifs is 1. The van der Waals surface area contributed by atoms with E-state index in [1.165, 1.54) is 30.8 Å². The van der Waals surface area contributed by atoms with Gasteiger partial charge in [0.05, 0.1) is 10.7 Å². The molecule has 0 saturated carbocycles. The van der Waals surface area contributed by atoms with E-state index >= 15 is 0 Å². The Labute approximate surface area is 169 Å². The summed E-state index contributed by atoms with van der Waals surface area (Å²) in [5, 5.41) is 2.76. The Bertz CT molecular complexity index is 1040. The minimum absolute atomic E-state index is 0.0839. The Morgan fingerprint density at radius 1 is 1.14 bits per heavy atom. The van der Waals surface area contributed by atoms with Gasteiger partial charge in [0.2, 0.25) is 5.76 Å². The molecule has 0 radical (unpaired) electrons. The predicted octanol–water partition coefficient (Wildman–Crippen LogP) is 5.30. The topological polar surface area (TPSA) is 86.5 Å². The van der Waals surface area contributed by atoms with Crippen LogP contribution in [0.15, 0.2) is 41.3 Å². The molecule has 3 heterocycles. The summed E-state index contributed by atoms with van der Waals surface area (Å²) in [6, 6.07) is 5.74. The fourth-order valence-corrected chi connectivity index (χ4v) is 2.78. The summed E-state index contributed by atoms with van der Waals surface area (Å²) in [4.78, 5) is 20.1. The maximum Gasteiger partial charge on any atom is 0.586 e. The third kappa shape index (κ3) is 4.29. The van der Waals surface area contributed by atoms with Crippen LogP contribution in [0.2, 0.25) is 5.02 Å². The van der Waals surface area contributed by atoms with Gasteiger partial charge in [-0.3, -0.25) is 4.79 Å². The number of carbonyl (C=O) groups is 1. The lowest BCUT2D eigenvalue weighted by Gasteiger charge is -2.07. The number of anilines is 1. The normalized spacial score (nSPS) is 13.4. The quantitative estimate of drug-likeness (QED) is 0.615. The summed E-state index contributed by atoms with van der Waals surface area (Å²) >= 11 is 6.15. The van der Waals surface area contributed by atoms with Gasteiger partial charge in [-0.05, 0) is 25.1 Å². The van der Waals surface area contributed by atoms with Crippen molar-refractivity contribution in [3.63, 3.8) is 0 Å². The molecule has 4 rings (SSSR count). The van der Waals surface area contributed by atoms with E-state index in [-0.39, 0.29) is 28.1 Å². The van der Waals surface area contributed by atoms with Gasteiger partial charge in [0, 0.05) is 23.4 Å². The SMILES string of the molecule is CC.Cc1ncoc1C(=O)Nc1ccc(-c2cc3c(cc2Cl)OC(F)(F)O3)cn1. The number of nitrogens with one attached hydrogen (secondary N) is 1. The molecule has 0 saturated heterocycles. The molecule has 0 atom stereocenters. The smallest absolute Gasteiger partial charge is 0.438 e. The second kappa shape index (κ2) is 8.04. The maximum absolute atomic E-state index is 13.2. The molecule has 7 nitrogen and oxygen atoms in total. The molecule has 0 bridgehead atoms. The van der Waals surface area contributed by atoms with E-state index < -0.39 is 12.2 Å². The number of aryl methyl sites for hydroxylation is 1. The zero-order valence-electron chi connectivity index (χ0n) is 15.6. The molecule has 10 heteroatoms. The number of pyridine rings is 1. The van der Waals surface area contributed by atoms with Gasteiger partial charge < -0.3 is 19.2 Å². The largest absolute Gasteiger partial charge is 0.586 e. The third-order valence-electron chi connectivity index (χ3n) is 3.76. The predicted molar refractivity (Wildman–Crippen MR) is 101 cm³/mol. The Kier molecular flexibility index (Phi) is 5.69. The number of oxazole rings is 1. The number of nitrogens with zero attached hydrogens (tertiary/aromatic N) is 2. The molecule has 1 aliphatic rings.